The number of allylic oxidation sites excluding steroid dienone is 1. The highest BCUT2D eigenvalue weighted by Crippen LogP contribution is 2.34. The molecule has 0 atom stereocenters. The molecule has 0 unspecified atom stereocenters. The third-order valence-electron chi connectivity index (χ3n) is 3.04. The van der Waals surface area contributed by atoms with E-state index in [0.717, 1.165) is 11.1 Å². The number of rotatable bonds is 2. The molecular weight excluding hydrogens is 207 g/mol. The molecule has 0 heterocycles. The molecule has 0 aromatic heterocycles. The molecule has 2 nitrogen and oxygen atoms in total. The van der Waals surface area contributed by atoms with Gasteiger partial charge in [-0.3, -0.25) is 0 Å². The van der Waals surface area contributed by atoms with Crippen molar-refractivity contribution in [3.8, 4) is 0 Å². The number of benzene rings is 1. The first kappa shape index (κ1) is 10.9. The number of carbonyl (C=O) groups is 1. The smallest absolute Gasteiger partial charge is 0.331 e. The van der Waals surface area contributed by atoms with Crippen LogP contribution in [0.1, 0.15) is 30.9 Å². The highest BCUT2D eigenvalue weighted by atomic mass is 19.1. The third kappa shape index (κ3) is 1.62. The molecular formula is C13H13FO2. The van der Waals surface area contributed by atoms with Gasteiger partial charge in [0.15, 0.2) is 0 Å². The highest BCUT2D eigenvalue weighted by molar-refractivity contribution is 5.97. The van der Waals surface area contributed by atoms with Gasteiger partial charge in [0, 0.05) is 5.57 Å². The molecule has 0 bridgehead atoms. The van der Waals surface area contributed by atoms with Gasteiger partial charge in [-0.1, -0.05) is 19.1 Å². The third-order valence-corrected chi connectivity index (χ3v) is 3.04. The van der Waals surface area contributed by atoms with Gasteiger partial charge in [0.05, 0.1) is 0 Å². The number of aliphatic carboxylic acids is 1. The zero-order valence-corrected chi connectivity index (χ0v) is 9.09. The van der Waals surface area contributed by atoms with Gasteiger partial charge in [0.1, 0.15) is 5.82 Å². The van der Waals surface area contributed by atoms with Crippen molar-refractivity contribution in [1.29, 1.82) is 0 Å². The minimum Gasteiger partial charge on any atom is -0.478 e. The van der Waals surface area contributed by atoms with Crippen LogP contribution in [0.25, 0.3) is 5.57 Å². The van der Waals surface area contributed by atoms with Crippen LogP contribution in [0, 0.1) is 5.82 Å². The molecule has 0 saturated carbocycles. The number of carboxylic acid groups (broad SMARTS) is 1. The quantitative estimate of drug-likeness (QED) is 0.831. The second kappa shape index (κ2) is 4.08. The SMILES string of the molecule is CCC1=C(C(=O)O)CCc2c(F)cccc21. The lowest BCUT2D eigenvalue weighted by Crippen LogP contribution is -2.12. The Morgan fingerprint density at radius 2 is 2.19 bits per heavy atom. The molecule has 0 saturated heterocycles. The summed E-state index contributed by atoms with van der Waals surface area (Å²) in [6, 6.07) is 4.87. The average molecular weight is 220 g/mol. The first-order chi connectivity index (χ1) is 7.65. The van der Waals surface area contributed by atoms with Gasteiger partial charge < -0.3 is 5.11 Å². The number of hydrogen-bond acceptors (Lipinski definition) is 1. The first-order valence-corrected chi connectivity index (χ1v) is 5.38. The van der Waals surface area contributed by atoms with E-state index >= 15 is 0 Å². The summed E-state index contributed by atoms with van der Waals surface area (Å²) < 4.78 is 13.5. The predicted molar refractivity (Wildman–Crippen MR) is 59.6 cm³/mol. The van der Waals surface area contributed by atoms with Gasteiger partial charge in [0.2, 0.25) is 0 Å². The largest absolute Gasteiger partial charge is 0.478 e. The Kier molecular flexibility index (Phi) is 2.77. The summed E-state index contributed by atoms with van der Waals surface area (Å²) in [5.74, 6) is -1.11. The summed E-state index contributed by atoms with van der Waals surface area (Å²) in [7, 11) is 0. The second-order valence-electron chi connectivity index (χ2n) is 3.88. The van der Waals surface area contributed by atoms with Crippen molar-refractivity contribution in [3.63, 3.8) is 0 Å². The maximum atomic E-state index is 13.5. The van der Waals surface area contributed by atoms with Gasteiger partial charge in [-0.25, -0.2) is 9.18 Å². The van der Waals surface area contributed by atoms with Crippen molar-refractivity contribution in [1.82, 2.24) is 0 Å². The van der Waals surface area contributed by atoms with E-state index in [9.17, 15) is 9.18 Å². The standard InChI is InChI=1S/C13H13FO2/c1-2-8-9-4-3-5-12(14)10(9)6-7-11(8)13(15)16/h3-5H,2,6-7H2,1H3,(H,15,16). The lowest BCUT2D eigenvalue weighted by molar-refractivity contribution is -0.132. The first-order valence-electron chi connectivity index (χ1n) is 5.38. The summed E-state index contributed by atoms with van der Waals surface area (Å²) in [4.78, 5) is 11.1. The fourth-order valence-corrected chi connectivity index (χ4v) is 2.30. The van der Waals surface area contributed by atoms with E-state index in [4.69, 9.17) is 5.11 Å². The fourth-order valence-electron chi connectivity index (χ4n) is 2.30. The summed E-state index contributed by atoms with van der Waals surface area (Å²) in [5.41, 5.74) is 2.63. The van der Waals surface area contributed by atoms with Gasteiger partial charge in [-0.15, -0.1) is 0 Å². The van der Waals surface area contributed by atoms with Crippen molar-refractivity contribution in [3.05, 3.63) is 40.7 Å². The van der Waals surface area contributed by atoms with Crippen LogP contribution in [0.3, 0.4) is 0 Å². The van der Waals surface area contributed by atoms with Crippen molar-refractivity contribution in [2.24, 2.45) is 0 Å². The van der Waals surface area contributed by atoms with Crippen LogP contribution in [0.2, 0.25) is 0 Å². The predicted octanol–water partition coefficient (Wildman–Crippen LogP) is 3.02. The molecule has 0 amide bonds. The average Bonchev–Trinajstić information content (AvgIpc) is 2.27. The van der Waals surface area contributed by atoms with E-state index in [-0.39, 0.29) is 5.82 Å². The van der Waals surface area contributed by atoms with Crippen LogP contribution in [0.15, 0.2) is 23.8 Å². The normalized spacial score (nSPS) is 14.9. The molecule has 1 aromatic rings. The van der Waals surface area contributed by atoms with Crippen LogP contribution in [-0.2, 0) is 11.2 Å². The van der Waals surface area contributed by atoms with E-state index in [2.05, 4.69) is 0 Å². The fraction of sp³-hybridized carbons (Fsp3) is 0.308. The maximum Gasteiger partial charge on any atom is 0.331 e. The van der Waals surface area contributed by atoms with Gasteiger partial charge in [0.25, 0.3) is 0 Å². The van der Waals surface area contributed by atoms with Gasteiger partial charge in [-0.05, 0) is 42.0 Å². The summed E-state index contributed by atoms with van der Waals surface area (Å²) >= 11 is 0. The molecule has 1 aliphatic carbocycles. The molecule has 0 aliphatic heterocycles. The minimum absolute atomic E-state index is 0.229. The van der Waals surface area contributed by atoms with Crippen LogP contribution in [0.4, 0.5) is 4.39 Å². The molecule has 3 heteroatoms. The molecule has 1 N–H and O–H groups in total. The van der Waals surface area contributed by atoms with Crippen LogP contribution < -0.4 is 0 Å². The molecule has 0 radical (unpaired) electrons. The summed E-state index contributed by atoms with van der Waals surface area (Å²) in [6.45, 7) is 1.90. The van der Waals surface area contributed by atoms with Crippen molar-refractivity contribution < 1.29 is 14.3 Å². The maximum absolute atomic E-state index is 13.5. The number of halogens is 1. The number of carboxylic acids is 1. The van der Waals surface area contributed by atoms with Crippen LogP contribution in [0.5, 0.6) is 0 Å². The highest BCUT2D eigenvalue weighted by Gasteiger charge is 2.23. The molecule has 16 heavy (non-hydrogen) atoms. The molecule has 1 aromatic carbocycles. The topological polar surface area (TPSA) is 37.3 Å². The zero-order chi connectivity index (χ0) is 11.7. The number of hydrogen-bond donors (Lipinski definition) is 1. The monoisotopic (exact) mass is 220 g/mol. The van der Waals surface area contributed by atoms with Crippen LogP contribution in [-0.4, -0.2) is 11.1 Å². The molecule has 84 valence electrons. The Morgan fingerprint density at radius 1 is 1.44 bits per heavy atom. The lowest BCUT2D eigenvalue weighted by Gasteiger charge is -2.21. The van der Waals surface area contributed by atoms with E-state index < -0.39 is 5.97 Å². The Bertz CT molecular complexity index is 475. The lowest BCUT2D eigenvalue weighted by atomic mass is 9.84. The second-order valence-corrected chi connectivity index (χ2v) is 3.88. The molecule has 0 fully saturated rings. The Labute approximate surface area is 93.4 Å². The minimum atomic E-state index is -0.883. The number of fused-ring (bicyclic) bond motifs is 1. The molecule has 2 rings (SSSR count). The zero-order valence-electron chi connectivity index (χ0n) is 9.09. The van der Waals surface area contributed by atoms with Gasteiger partial charge in [-0.2, -0.15) is 0 Å². The van der Waals surface area contributed by atoms with Crippen molar-refractivity contribution in [2.45, 2.75) is 26.2 Å². The van der Waals surface area contributed by atoms with E-state index in [1.807, 2.05) is 6.92 Å². The van der Waals surface area contributed by atoms with Crippen molar-refractivity contribution in [2.75, 3.05) is 0 Å². The van der Waals surface area contributed by atoms with Crippen molar-refractivity contribution >= 4 is 11.5 Å². The van der Waals surface area contributed by atoms with E-state index in [0.29, 0.717) is 30.4 Å². The van der Waals surface area contributed by atoms with Gasteiger partial charge >= 0.3 is 5.97 Å². The Morgan fingerprint density at radius 3 is 2.81 bits per heavy atom. The molecule has 1 aliphatic rings. The van der Waals surface area contributed by atoms with E-state index in [1.165, 1.54) is 6.07 Å². The van der Waals surface area contributed by atoms with E-state index in [1.54, 1.807) is 12.1 Å². The summed E-state index contributed by atoms with van der Waals surface area (Å²) in [5, 5.41) is 9.08. The Balaban J connectivity index is 2.63. The summed E-state index contributed by atoms with van der Waals surface area (Å²) in [6.07, 6.45) is 1.53. The van der Waals surface area contributed by atoms with Crippen LogP contribution >= 0.6 is 0 Å². The Hall–Kier alpha value is -1.64. The molecule has 0 spiro atoms.